The maximum absolute atomic E-state index is 13.1. The van der Waals surface area contributed by atoms with Gasteiger partial charge in [0.25, 0.3) is 5.91 Å². The van der Waals surface area contributed by atoms with Gasteiger partial charge in [0.1, 0.15) is 0 Å². The van der Waals surface area contributed by atoms with Gasteiger partial charge in [0.2, 0.25) is 0 Å². The Hall–Kier alpha value is -2.93. The van der Waals surface area contributed by atoms with Gasteiger partial charge in [-0.05, 0) is 23.6 Å². The summed E-state index contributed by atoms with van der Waals surface area (Å²) in [4.78, 5) is 16.8. The molecule has 3 aromatic carbocycles. The second kappa shape index (κ2) is 6.10. The van der Waals surface area contributed by atoms with E-state index in [0.29, 0.717) is 5.52 Å². The molecule has 26 heavy (non-hydrogen) atoms. The monoisotopic (exact) mass is 372 g/mol. The number of thiazole rings is 1. The molecule has 4 aromatic rings. The lowest BCUT2D eigenvalue weighted by atomic mass is 10.1. The summed E-state index contributed by atoms with van der Waals surface area (Å²) < 4.78 is 40.1. The van der Waals surface area contributed by atoms with Crippen molar-refractivity contribution in [1.82, 2.24) is 4.98 Å². The Morgan fingerprint density at radius 3 is 2.50 bits per heavy atom. The van der Waals surface area contributed by atoms with Crippen molar-refractivity contribution in [3.63, 3.8) is 0 Å². The van der Waals surface area contributed by atoms with Crippen LogP contribution in [0.15, 0.2) is 60.7 Å². The molecule has 3 nitrogen and oxygen atoms in total. The molecule has 130 valence electrons. The van der Waals surface area contributed by atoms with E-state index in [1.165, 1.54) is 23.5 Å². The van der Waals surface area contributed by atoms with E-state index in [-0.39, 0.29) is 5.13 Å². The van der Waals surface area contributed by atoms with Gasteiger partial charge in [0.05, 0.1) is 21.3 Å². The molecular formula is C19H11F3N2OS. The summed E-state index contributed by atoms with van der Waals surface area (Å²) in [6, 6.07) is 16.2. The molecule has 0 aliphatic heterocycles. The van der Waals surface area contributed by atoms with Crippen LogP contribution in [0, 0.1) is 0 Å². The molecule has 7 heteroatoms. The van der Waals surface area contributed by atoms with Crippen molar-refractivity contribution < 1.29 is 18.0 Å². The van der Waals surface area contributed by atoms with Crippen LogP contribution in [0.2, 0.25) is 0 Å². The lowest BCUT2D eigenvalue weighted by Crippen LogP contribution is -2.18. The van der Waals surface area contributed by atoms with Gasteiger partial charge in [-0.15, -0.1) is 0 Å². The van der Waals surface area contributed by atoms with Crippen molar-refractivity contribution in [2.45, 2.75) is 6.18 Å². The number of carbonyl (C=O) groups excluding carboxylic acids is 1. The molecule has 0 bridgehead atoms. The van der Waals surface area contributed by atoms with Crippen LogP contribution in [0.4, 0.5) is 18.3 Å². The van der Waals surface area contributed by atoms with E-state index in [0.717, 1.165) is 27.6 Å². The number of amides is 1. The van der Waals surface area contributed by atoms with E-state index in [4.69, 9.17) is 0 Å². The number of aromatic nitrogens is 1. The fourth-order valence-corrected chi connectivity index (χ4v) is 3.68. The van der Waals surface area contributed by atoms with Crippen molar-refractivity contribution in [1.29, 1.82) is 0 Å². The van der Waals surface area contributed by atoms with Crippen LogP contribution in [0.5, 0.6) is 0 Å². The normalized spacial score (nSPS) is 11.8. The number of nitrogens with one attached hydrogen (secondary N) is 1. The Bertz CT molecular complexity index is 1130. The summed E-state index contributed by atoms with van der Waals surface area (Å²) in [6.07, 6.45) is -4.60. The summed E-state index contributed by atoms with van der Waals surface area (Å²) in [5.74, 6) is -0.832. The van der Waals surface area contributed by atoms with Crippen molar-refractivity contribution in [2.24, 2.45) is 0 Å². The summed E-state index contributed by atoms with van der Waals surface area (Å²) in [6.45, 7) is 0. The van der Waals surface area contributed by atoms with Crippen LogP contribution in [-0.2, 0) is 6.18 Å². The molecule has 0 radical (unpaired) electrons. The number of halogens is 3. The molecule has 0 fully saturated rings. The largest absolute Gasteiger partial charge is 0.417 e. The van der Waals surface area contributed by atoms with Crippen LogP contribution >= 0.6 is 11.3 Å². The van der Waals surface area contributed by atoms with E-state index < -0.39 is 23.2 Å². The Morgan fingerprint density at radius 1 is 0.962 bits per heavy atom. The molecule has 1 heterocycles. The van der Waals surface area contributed by atoms with E-state index >= 15 is 0 Å². The number of benzene rings is 3. The minimum absolute atomic E-state index is 0.262. The van der Waals surface area contributed by atoms with Crippen molar-refractivity contribution in [3.8, 4) is 0 Å². The summed E-state index contributed by atoms with van der Waals surface area (Å²) in [5.41, 5.74) is -0.680. The van der Waals surface area contributed by atoms with Crippen molar-refractivity contribution in [2.75, 3.05) is 5.32 Å². The Kier molecular flexibility index (Phi) is 3.88. The Balaban J connectivity index is 1.72. The third-order valence-corrected chi connectivity index (χ3v) is 4.92. The number of carbonyl (C=O) groups is 1. The number of anilines is 1. The van der Waals surface area contributed by atoms with Crippen molar-refractivity contribution in [3.05, 3.63) is 71.8 Å². The third kappa shape index (κ3) is 2.90. The molecule has 0 spiro atoms. The number of rotatable bonds is 2. The van der Waals surface area contributed by atoms with Crippen LogP contribution in [0.25, 0.3) is 21.0 Å². The molecule has 0 atom stereocenters. The van der Waals surface area contributed by atoms with Gasteiger partial charge in [-0.2, -0.15) is 13.2 Å². The van der Waals surface area contributed by atoms with Crippen LogP contribution in [0.3, 0.4) is 0 Å². The zero-order valence-electron chi connectivity index (χ0n) is 13.2. The number of nitrogens with zero attached hydrogens (tertiary/aromatic N) is 1. The molecular weight excluding hydrogens is 361 g/mol. The highest BCUT2D eigenvalue weighted by atomic mass is 32.1. The van der Waals surface area contributed by atoms with Gasteiger partial charge < -0.3 is 0 Å². The van der Waals surface area contributed by atoms with Gasteiger partial charge >= 0.3 is 6.18 Å². The average molecular weight is 372 g/mol. The maximum atomic E-state index is 13.1. The molecule has 0 unspecified atom stereocenters. The number of fused-ring (bicyclic) bond motifs is 3. The number of alkyl halides is 3. The molecule has 1 N–H and O–H groups in total. The summed E-state index contributed by atoms with van der Waals surface area (Å²) in [7, 11) is 0. The standard InChI is InChI=1S/C19H11F3N2OS/c20-19(21,22)14-8-4-3-7-13(14)17(25)24-18-23-16-12-6-2-1-5-11(12)9-10-15(16)26-18/h1-10H,(H,23,24,25). The first-order chi connectivity index (χ1) is 12.4. The molecule has 1 aromatic heterocycles. The topological polar surface area (TPSA) is 42.0 Å². The second-order valence-electron chi connectivity index (χ2n) is 5.65. The van der Waals surface area contributed by atoms with E-state index in [9.17, 15) is 18.0 Å². The van der Waals surface area contributed by atoms with Gasteiger partial charge in [-0.1, -0.05) is 53.8 Å². The SMILES string of the molecule is O=C(Nc1nc2c(ccc3ccccc32)s1)c1ccccc1C(F)(F)F. The Labute approximate surface area is 150 Å². The van der Waals surface area contributed by atoms with Gasteiger partial charge in [0.15, 0.2) is 5.13 Å². The number of hydrogen-bond acceptors (Lipinski definition) is 3. The molecule has 4 rings (SSSR count). The average Bonchev–Trinajstić information content (AvgIpc) is 3.04. The first-order valence-corrected chi connectivity index (χ1v) is 8.51. The smallest absolute Gasteiger partial charge is 0.298 e. The highest BCUT2D eigenvalue weighted by molar-refractivity contribution is 7.22. The first kappa shape index (κ1) is 16.5. The zero-order valence-corrected chi connectivity index (χ0v) is 14.0. The lowest BCUT2D eigenvalue weighted by molar-refractivity contribution is -0.137. The molecule has 1 amide bonds. The third-order valence-electron chi connectivity index (χ3n) is 3.98. The van der Waals surface area contributed by atoms with Crippen LogP contribution in [-0.4, -0.2) is 10.9 Å². The predicted octanol–water partition coefficient (Wildman–Crippen LogP) is 5.72. The summed E-state index contributed by atoms with van der Waals surface area (Å²) in [5, 5.41) is 4.69. The van der Waals surface area contributed by atoms with E-state index in [2.05, 4.69) is 10.3 Å². The first-order valence-electron chi connectivity index (χ1n) is 7.69. The zero-order chi connectivity index (χ0) is 18.3. The van der Waals surface area contributed by atoms with Crippen LogP contribution in [0.1, 0.15) is 15.9 Å². The quantitative estimate of drug-likeness (QED) is 0.489. The fourth-order valence-electron chi connectivity index (χ4n) is 2.81. The van der Waals surface area contributed by atoms with E-state index in [1.54, 1.807) is 0 Å². The van der Waals surface area contributed by atoms with Gasteiger partial charge in [-0.3, -0.25) is 10.1 Å². The highest BCUT2D eigenvalue weighted by Gasteiger charge is 2.35. The molecule has 0 aliphatic carbocycles. The number of hydrogen-bond donors (Lipinski definition) is 1. The second-order valence-corrected chi connectivity index (χ2v) is 6.68. The fraction of sp³-hybridized carbons (Fsp3) is 0.0526. The predicted molar refractivity (Wildman–Crippen MR) is 96.5 cm³/mol. The Morgan fingerprint density at radius 2 is 1.69 bits per heavy atom. The lowest BCUT2D eigenvalue weighted by Gasteiger charge is -2.11. The van der Waals surface area contributed by atoms with Crippen LogP contribution < -0.4 is 5.32 Å². The van der Waals surface area contributed by atoms with Gasteiger partial charge in [-0.25, -0.2) is 4.98 Å². The maximum Gasteiger partial charge on any atom is 0.417 e. The molecule has 0 aliphatic rings. The highest BCUT2D eigenvalue weighted by Crippen LogP contribution is 2.34. The van der Waals surface area contributed by atoms with Gasteiger partial charge in [0, 0.05) is 5.39 Å². The van der Waals surface area contributed by atoms with E-state index in [1.807, 2.05) is 36.4 Å². The minimum atomic E-state index is -4.60. The van der Waals surface area contributed by atoms with Crippen molar-refractivity contribution >= 4 is 43.4 Å². The molecule has 0 saturated heterocycles. The summed E-state index contributed by atoms with van der Waals surface area (Å²) >= 11 is 1.22. The molecule has 0 saturated carbocycles. The minimum Gasteiger partial charge on any atom is -0.298 e.